The number of carbonyl (C=O) groups is 2. The molecule has 3 N–H and O–H groups in total. The summed E-state index contributed by atoms with van der Waals surface area (Å²) >= 11 is 0. The van der Waals surface area contributed by atoms with Gasteiger partial charge in [0.1, 0.15) is 17.3 Å². The van der Waals surface area contributed by atoms with Gasteiger partial charge >= 0.3 is 0 Å². The number of rotatable bonds is 12. The van der Waals surface area contributed by atoms with E-state index >= 15 is 0 Å². The molecule has 0 saturated carbocycles. The van der Waals surface area contributed by atoms with Gasteiger partial charge in [-0.25, -0.2) is 4.68 Å². The number of benzene rings is 3. The van der Waals surface area contributed by atoms with Crippen LogP contribution in [0.1, 0.15) is 49.9 Å². The molecular formula is C31H35N5O6. The van der Waals surface area contributed by atoms with Gasteiger partial charge in [0.25, 0.3) is 5.91 Å². The van der Waals surface area contributed by atoms with Gasteiger partial charge in [-0.1, -0.05) is 41.6 Å². The van der Waals surface area contributed by atoms with E-state index in [1.54, 1.807) is 31.2 Å². The van der Waals surface area contributed by atoms with Gasteiger partial charge in [-0.2, -0.15) is 0 Å². The second kappa shape index (κ2) is 13.3. The minimum absolute atomic E-state index is 0.0666. The quantitative estimate of drug-likeness (QED) is 0.234. The molecule has 42 heavy (non-hydrogen) atoms. The van der Waals surface area contributed by atoms with Gasteiger partial charge in [-0.15, -0.1) is 5.10 Å². The highest BCUT2D eigenvalue weighted by atomic mass is 16.5. The summed E-state index contributed by atoms with van der Waals surface area (Å²) in [5, 5.41) is 24.8. The van der Waals surface area contributed by atoms with E-state index in [-0.39, 0.29) is 17.6 Å². The smallest absolute Gasteiger partial charge is 0.250 e. The van der Waals surface area contributed by atoms with Crippen molar-refractivity contribution >= 4 is 22.8 Å². The molecule has 5 rings (SSSR count). The fourth-order valence-electron chi connectivity index (χ4n) is 5.08. The van der Waals surface area contributed by atoms with Crippen molar-refractivity contribution in [3.63, 3.8) is 0 Å². The summed E-state index contributed by atoms with van der Waals surface area (Å²) in [5.74, 6) is -0.263. The molecule has 0 aliphatic carbocycles. The largest absolute Gasteiger partial charge is 0.504 e. The molecule has 4 aromatic rings. The summed E-state index contributed by atoms with van der Waals surface area (Å²) in [7, 11) is 0. The SMILES string of the molecule is CCOc1cc([C@H](NC(=O)[C@@H](c2ccccc2OCC)n2nnc3ccccc32)C(=O)NC[C@@H]2CCCO2)ccc1O. The van der Waals surface area contributed by atoms with Crippen LogP contribution in [0, 0.1) is 0 Å². The lowest BCUT2D eigenvalue weighted by atomic mass is 10.0. The van der Waals surface area contributed by atoms with Crippen molar-refractivity contribution in [1.82, 2.24) is 25.6 Å². The van der Waals surface area contributed by atoms with Crippen LogP contribution in [0.4, 0.5) is 0 Å². The highest BCUT2D eigenvalue weighted by Gasteiger charge is 2.33. The molecule has 11 heteroatoms. The van der Waals surface area contributed by atoms with Crippen LogP contribution in [0.25, 0.3) is 11.0 Å². The lowest BCUT2D eigenvalue weighted by molar-refractivity contribution is -0.130. The third-order valence-corrected chi connectivity index (χ3v) is 7.08. The Morgan fingerprint density at radius 3 is 2.57 bits per heavy atom. The zero-order chi connectivity index (χ0) is 29.5. The first-order valence-corrected chi connectivity index (χ1v) is 14.2. The van der Waals surface area contributed by atoms with E-state index in [1.165, 1.54) is 10.7 Å². The number of aromatic nitrogens is 3. The predicted octanol–water partition coefficient (Wildman–Crippen LogP) is 3.68. The van der Waals surface area contributed by atoms with Crippen molar-refractivity contribution in [2.24, 2.45) is 0 Å². The summed E-state index contributed by atoms with van der Waals surface area (Å²) in [6.07, 6.45) is 1.69. The van der Waals surface area contributed by atoms with Gasteiger partial charge in [0, 0.05) is 18.7 Å². The van der Waals surface area contributed by atoms with Crippen LogP contribution in [0.15, 0.2) is 66.7 Å². The maximum absolute atomic E-state index is 14.3. The molecule has 0 spiro atoms. The molecule has 1 aliphatic rings. The normalized spacial score (nSPS) is 16.1. The molecule has 220 valence electrons. The van der Waals surface area contributed by atoms with Crippen LogP contribution in [0.3, 0.4) is 0 Å². The second-order valence-electron chi connectivity index (χ2n) is 9.88. The standard InChI is InChI=1S/C31H35N5O6/c1-3-40-26-14-8-5-11-22(26)29(36-24-13-7-6-12-23(24)34-35-36)31(39)33-28(30(38)32-19-21-10-9-17-42-21)20-15-16-25(37)27(18-20)41-4-2/h5-8,11-16,18,21,28-29,37H,3-4,9-10,17,19H2,1-2H3,(H,32,38)(H,33,39)/t21-,28-,29+/m0/s1. The Kier molecular flexibility index (Phi) is 9.18. The van der Waals surface area contributed by atoms with Crippen molar-refractivity contribution in [2.45, 2.75) is 44.9 Å². The van der Waals surface area contributed by atoms with Crippen LogP contribution in [0.2, 0.25) is 0 Å². The van der Waals surface area contributed by atoms with Crippen LogP contribution < -0.4 is 20.1 Å². The number of phenols is 1. The Morgan fingerprint density at radius 2 is 1.79 bits per heavy atom. The number of nitrogens with one attached hydrogen (secondary N) is 2. The fraction of sp³-hybridized carbons (Fsp3) is 0.355. The van der Waals surface area contributed by atoms with Crippen LogP contribution >= 0.6 is 0 Å². The van der Waals surface area contributed by atoms with E-state index in [9.17, 15) is 14.7 Å². The van der Waals surface area contributed by atoms with Crippen molar-refractivity contribution < 1.29 is 28.9 Å². The molecule has 3 atom stereocenters. The number of phenolic OH excluding ortho intramolecular Hbond substituents is 1. The Morgan fingerprint density at radius 1 is 1.02 bits per heavy atom. The number of amides is 2. The minimum Gasteiger partial charge on any atom is -0.504 e. The number of aromatic hydroxyl groups is 1. The zero-order valence-electron chi connectivity index (χ0n) is 23.7. The number of nitrogens with zero attached hydrogens (tertiary/aromatic N) is 3. The molecule has 0 unspecified atom stereocenters. The number of ether oxygens (including phenoxy) is 3. The first-order valence-electron chi connectivity index (χ1n) is 14.2. The lowest BCUT2D eigenvalue weighted by Crippen LogP contribution is -2.45. The van der Waals surface area contributed by atoms with Crippen LogP contribution in [-0.2, 0) is 14.3 Å². The van der Waals surface area contributed by atoms with E-state index in [0.29, 0.717) is 54.3 Å². The summed E-state index contributed by atoms with van der Waals surface area (Å²) in [6, 6.07) is 17.0. The van der Waals surface area contributed by atoms with Crippen molar-refractivity contribution in [3.8, 4) is 17.2 Å². The third-order valence-electron chi connectivity index (χ3n) is 7.08. The topological polar surface area (TPSA) is 137 Å². The number of hydrogen-bond donors (Lipinski definition) is 3. The highest BCUT2D eigenvalue weighted by molar-refractivity contribution is 5.92. The van der Waals surface area contributed by atoms with E-state index in [1.807, 2.05) is 43.3 Å². The highest BCUT2D eigenvalue weighted by Crippen LogP contribution is 2.33. The number of fused-ring (bicyclic) bond motifs is 1. The van der Waals surface area contributed by atoms with Gasteiger partial charge in [-0.3, -0.25) is 9.59 Å². The van der Waals surface area contributed by atoms with Crippen molar-refractivity contribution in [1.29, 1.82) is 0 Å². The molecular weight excluding hydrogens is 538 g/mol. The summed E-state index contributed by atoms with van der Waals surface area (Å²) in [6.45, 7) is 5.34. The monoisotopic (exact) mass is 573 g/mol. The van der Waals surface area contributed by atoms with E-state index in [2.05, 4.69) is 20.9 Å². The Labute approximate surface area is 243 Å². The molecule has 0 bridgehead atoms. The lowest BCUT2D eigenvalue weighted by Gasteiger charge is -2.25. The molecule has 11 nitrogen and oxygen atoms in total. The summed E-state index contributed by atoms with van der Waals surface area (Å²) in [4.78, 5) is 28.0. The second-order valence-corrected chi connectivity index (χ2v) is 9.88. The van der Waals surface area contributed by atoms with E-state index in [0.717, 1.165) is 12.8 Å². The number of carbonyl (C=O) groups excluding carboxylic acids is 2. The molecule has 1 saturated heterocycles. The molecule has 1 fully saturated rings. The van der Waals surface area contributed by atoms with Gasteiger partial charge in [0.15, 0.2) is 17.5 Å². The van der Waals surface area contributed by atoms with Crippen molar-refractivity contribution in [3.05, 3.63) is 77.9 Å². The maximum atomic E-state index is 14.3. The van der Waals surface area contributed by atoms with Crippen molar-refractivity contribution in [2.75, 3.05) is 26.4 Å². The maximum Gasteiger partial charge on any atom is 0.250 e. The third kappa shape index (κ3) is 6.31. The number of hydrogen-bond acceptors (Lipinski definition) is 8. The molecule has 1 aromatic heterocycles. The van der Waals surface area contributed by atoms with Gasteiger partial charge in [-0.05, 0) is 62.6 Å². The fourth-order valence-corrected chi connectivity index (χ4v) is 5.08. The summed E-state index contributed by atoms with van der Waals surface area (Å²) in [5.41, 5.74) is 2.27. The van der Waals surface area contributed by atoms with E-state index < -0.39 is 23.9 Å². The Bertz CT molecular complexity index is 1530. The molecule has 0 radical (unpaired) electrons. The molecule has 2 heterocycles. The number of para-hydroxylation sites is 2. The molecule has 2 amide bonds. The molecule has 1 aliphatic heterocycles. The first-order chi connectivity index (χ1) is 20.5. The van der Waals surface area contributed by atoms with Gasteiger partial charge in [0.2, 0.25) is 5.91 Å². The predicted molar refractivity (Wildman–Crippen MR) is 155 cm³/mol. The zero-order valence-corrected chi connectivity index (χ0v) is 23.7. The minimum atomic E-state index is -1.12. The average Bonchev–Trinajstić information content (AvgIpc) is 3.68. The van der Waals surface area contributed by atoms with Gasteiger partial charge < -0.3 is 30.0 Å². The first kappa shape index (κ1) is 28.9. The van der Waals surface area contributed by atoms with E-state index in [4.69, 9.17) is 14.2 Å². The molecule has 3 aromatic carbocycles. The Balaban J connectivity index is 1.54. The van der Waals surface area contributed by atoms with Gasteiger partial charge in [0.05, 0.1) is 24.8 Å². The van der Waals surface area contributed by atoms with Crippen LogP contribution in [-0.4, -0.2) is 64.4 Å². The summed E-state index contributed by atoms with van der Waals surface area (Å²) < 4.78 is 18.7. The average molecular weight is 574 g/mol. The Hall–Kier alpha value is -4.64. The van der Waals surface area contributed by atoms with Crippen LogP contribution in [0.5, 0.6) is 17.2 Å².